The maximum Gasteiger partial charge on any atom is 0.0566 e. The molecule has 2 heterocycles. The number of nitrogens with zero attached hydrogens (tertiary/aromatic N) is 2. The summed E-state index contributed by atoms with van der Waals surface area (Å²) in [7, 11) is 0. The van der Waals surface area contributed by atoms with E-state index in [1.807, 2.05) is 12.4 Å². The number of aromatic nitrogens is 1. The smallest absolute Gasteiger partial charge is 0.0566 e. The van der Waals surface area contributed by atoms with Gasteiger partial charge < -0.3 is 10.0 Å². The first kappa shape index (κ1) is 11.9. The molecule has 2 rings (SSSR count). The Bertz CT molecular complexity index is 346. The molecule has 16 heavy (non-hydrogen) atoms. The van der Waals surface area contributed by atoms with E-state index in [0.29, 0.717) is 12.6 Å². The predicted molar refractivity (Wildman–Crippen MR) is 68.6 cm³/mol. The summed E-state index contributed by atoms with van der Waals surface area (Å²) in [5, 5.41) is 8.89. The molecule has 1 atom stereocenters. The lowest BCUT2D eigenvalue weighted by Crippen LogP contribution is -2.29. The third-order valence-corrected chi connectivity index (χ3v) is 3.53. The third-order valence-electron chi connectivity index (χ3n) is 3.09. The van der Waals surface area contributed by atoms with E-state index in [-0.39, 0.29) is 0 Å². The second-order valence-electron chi connectivity index (χ2n) is 4.22. The molecule has 3 nitrogen and oxygen atoms in total. The highest BCUT2D eigenvalue weighted by Crippen LogP contribution is 2.28. The Labute approximate surface area is 105 Å². The van der Waals surface area contributed by atoms with E-state index in [2.05, 4.69) is 31.9 Å². The van der Waals surface area contributed by atoms with Crippen LogP contribution in [0.15, 0.2) is 22.9 Å². The monoisotopic (exact) mass is 284 g/mol. The van der Waals surface area contributed by atoms with E-state index in [1.54, 1.807) is 0 Å². The van der Waals surface area contributed by atoms with Crippen molar-refractivity contribution in [2.24, 2.45) is 0 Å². The number of aliphatic hydroxyl groups is 1. The first-order chi connectivity index (χ1) is 7.81. The summed E-state index contributed by atoms with van der Waals surface area (Å²) in [5.41, 5.74) is 1.19. The van der Waals surface area contributed by atoms with Crippen molar-refractivity contribution in [1.82, 2.24) is 4.98 Å². The van der Waals surface area contributed by atoms with E-state index in [0.717, 1.165) is 23.9 Å². The molecule has 4 heteroatoms. The number of rotatable bonds is 4. The van der Waals surface area contributed by atoms with Crippen LogP contribution in [0.4, 0.5) is 5.69 Å². The van der Waals surface area contributed by atoms with Gasteiger partial charge in [-0.3, -0.25) is 4.98 Å². The van der Waals surface area contributed by atoms with E-state index in [4.69, 9.17) is 5.11 Å². The molecular weight excluding hydrogens is 268 g/mol. The molecule has 1 aromatic heterocycles. The van der Waals surface area contributed by atoms with Crippen molar-refractivity contribution in [2.45, 2.75) is 31.7 Å². The van der Waals surface area contributed by atoms with Crippen molar-refractivity contribution >= 4 is 21.6 Å². The second-order valence-corrected chi connectivity index (χ2v) is 5.13. The van der Waals surface area contributed by atoms with E-state index in [1.165, 1.54) is 18.5 Å². The fourth-order valence-electron chi connectivity index (χ4n) is 2.36. The molecule has 0 spiro atoms. The van der Waals surface area contributed by atoms with Gasteiger partial charge in [-0.25, -0.2) is 0 Å². The highest BCUT2D eigenvalue weighted by atomic mass is 79.9. The fourth-order valence-corrected chi connectivity index (χ4v) is 2.71. The van der Waals surface area contributed by atoms with Gasteiger partial charge in [0, 0.05) is 29.9 Å². The molecule has 0 aromatic carbocycles. The SMILES string of the molecule is OCCCC1CCCN1c1cncc(Br)c1. The lowest BCUT2D eigenvalue weighted by Gasteiger charge is -2.26. The quantitative estimate of drug-likeness (QED) is 0.923. The summed E-state index contributed by atoms with van der Waals surface area (Å²) < 4.78 is 1.03. The third kappa shape index (κ3) is 2.74. The van der Waals surface area contributed by atoms with Crippen LogP contribution in [0.2, 0.25) is 0 Å². The Kier molecular flexibility index (Phi) is 4.18. The normalized spacial score (nSPS) is 20.4. The van der Waals surface area contributed by atoms with Gasteiger partial charge in [0.1, 0.15) is 0 Å². The van der Waals surface area contributed by atoms with Gasteiger partial charge in [-0.1, -0.05) is 0 Å². The Balaban J connectivity index is 2.07. The van der Waals surface area contributed by atoms with Crippen LogP contribution in [0.3, 0.4) is 0 Å². The molecule has 1 saturated heterocycles. The van der Waals surface area contributed by atoms with Crippen molar-refractivity contribution in [3.8, 4) is 0 Å². The summed E-state index contributed by atoms with van der Waals surface area (Å²) in [6, 6.07) is 2.69. The highest BCUT2D eigenvalue weighted by Gasteiger charge is 2.24. The number of anilines is 1. The molecule has 1 aliphatic heterocycles. The molecule has 0 radical (unpaired) electrons. The van der Waals surface area contributed by atoms with Crippen LogP contribution in [0.1, 0.15) is 25.7 Å². The number of pyridine rings is 1. The van der Waals surface area contributed by atoms with E-state index >= 15 is 0 Å². The molecule has 0 amide bonds. The van der Waals surface area contributed by atoms with Crippen molar-refractivity contribution in [1.29, 1.82) is 0 Å². The summed E-state index contributed by atoms with van der Waals surface area (Å²) in [4.78, 5) is 6.62. The van der Waals surface area contributed by atoms with Gasteiger partial charge in [-0.2, -0.15) is 0 Å². The molecule has 1 unspecified atom stereocenters. The zero-order chi connectivity index (χ0) is 11.4. The van der Waals surface area contributed by atoms with Gasteiger partial charge in [0.15, 0.2) is 0 Å². The largest absolute Gasteiger partial charge is 0.396 e. The lowest BCUT2D eigenvalue weighted by atomic mass is 10.1. The molecule has 0 saturated carbocycles. The Hall–Kier alpha value is -0.610. The summed E-state index contributed by atoms with van der Waals surface area (Å²) in [6.07, 6.45) is 8.16. The molecule has 1 aromatic rings. The van der Waals surface area contributed by atoms with Crippen LogP contribution in [-0.4, -0.2) is 29.3 Å². The van der Waals surface area contributed by atoms with Crippen LogP contribution in [0.25, 0.3) is 0 Å². The Morgan fingerprint density at radius 2 is 2.38 bits per heavy atom. The van der Waals surface area contributed by atoms with Crippen LogP contribution in [-0.2, 0) is 0 Å². The first-order valence-electron chi connectivity index (χ1n) is 5.79. The van der Waals surface area contributed by atoms with E-state index in [9.17, 15) is 0 Å². The topological polar surface area (TPSA) is 36.4 Å². The molecule has 1 fully saturated rings. The minimum Gasteiger partial charge on any atom is -0.396 e. The average molecular weight is 285 g/mol. The summed E-state index contributed by atoms with van der Waals surface area (Å²) in [5.74, 6) is 0. The molecule has 1 aliphatic rings. The molecule has 88 valence electrons. The Morgan fingerprint density at radius 3 is 3.12 bits per heavy atom. The summed E-state index contributed by atoms with van der Waals surface area (Å²) >= 11 is 3.45. The van der Waals surface area contributed by atoms with Crippen molar-refractivity contribution in [2.75, 3.05) is 18.1 Å². The van der Waals surface area contributed by atoms with Gasteiger partial charge in [0.05, 0.1) is 11.9 Å². The predicted octanol–water partition coefficient (Wildman–Crippen LogP) is 2.59. The van der Waals surface area contributed by atoms with Crippen molar-refractivity contribution in [3.63, 3.8) is 0 Å². The van der Waals surface area contributed by atoms with Gasteiger partial charge in [0.25, 0.3) is 0 Å². The summed E-state index contributed by atoms with van der Waals surface area (Å²) in [6.45, 7) is 1.40. The zero-order valence-electron chi connectivity index (χ0n) is 9.27. The number of halogens is 1. The molecule has 0 aliphatic carbocycles. The average Bonchev–Trinajstić information content (AvgIpc) is 2.74. The van der Waals surface area contributed by atoms with Gasteiger partial charge in [-0.05, 0) is 47.7 Å². The second kappa shape index (κ2) is 5.64. The van der Waals surface area contributed by atoms with Crippen LogP contribution in [0, 0.1) is 0 Å². The van der Waals surface area contributed by atoms with Crippen LogP contribution >= 0.6 is 15.9 Å². The molecule has 1 N–H and O–H groups in total. The highest BCUT2D eigenvalue weighted by molar-refractivity contribution is 9.10. The Morgan fingerprint density at radius 1 is 1.50 bits per heavy atom. The van der Waals surface area contributed by atoms with Gasteiger partial charge >= 0.3 is 0 Å². The van der Waals surface area contributed by atoms with Crippen molar-refractivity contribution < 1.29 is 5.11 Å². The number of aliphatic hydroxyl groups excluding tert-OH is 1. The van der Waals surface area contributed by atoms with Crippen LogP contribution < -0.4 is 4.90 Å². The molecular formula is C12H17BrN2O. The maximum absolute atomic E-state index is 8.89. The van der Waals surface area contributed by atoms with Gasteiger partial charge in [0.2, 0.25) is 0 Å². The number of hydrogen-bond donors (Lipinski definition) is 1. The minimum atomic E-state index is 0.293. The van der Waals surface area contributed by atoms with E-state index < -0.39 is 0 Å². The fraction of sp³-hybridized carbons (Fsp3) is 0.583. The zero-order valence-corrected chi connectivity index (χ0v) is 10.9. The van der Waals surface area contributed by atoms with Crippen molar-refractivity contribution in [3.05, 3.63) is 22.9 Å². The molecule has 0 bridgehead atoms. The number of hydrogen-bond acceptors (Lipinski definition) is 3. The lowest BCUT2D eigenvalue weighted by molar-refractivity contribution is 0.279. The first-order valence-corrected chi connectivity index (χ1v) is 6.58. The minimum absolute atomic E-state index is 0.293. The maximum atomic E-state index is 8.89. The standard InChI is InChI=1S/C12H17BrN2O/c13-10-7-12(9-14-8-10)15-5-1-3-11(15)4-2-6-16/h7-9,11,16H,1-6H2. The van der Waals surface area contributed by atoms with Gasteiger partial charge in [-0.15, -0.1) is 0 Å². The van der Waals surface area contributed by atoms with Crippen LogP contribution in [0.5, 0.6) is 0 Å².